The van der Waals surface area contributed by atoms with Gasteiger partial charge in [-0.2, -0.15) is 0 Å². The summed E-state index contributed by atoms with van der Waals surface area (Å²) in [5, 5.41) is 0.996. The van der Waals surface area contributed by atoms with Crippen molar-refractivity contribution in [1.82, 2.24) is 4.90 Å². The van der Waals surface area contributed by atoms with Crippen molar-refractivity contribution in [3.05, 3.63) is 58.8 Å². The molecule has 0 bridgehead atoms. The maximum Gasteiger partial charge on any atom is 0.246 e. The van der Waals surface area contributed by atoms with Gasteiger partial charge in [0.1, 0.15) is 11.3 Å². The molecule has 31 heavy (non-hydrogen) atoms. The maximum atomic E-state index is 12.9. The number of fused-ring (bicyclic) bond motifs is 1. The fourth-order valence-electron chi connectivity index (χ4n) is 3.74. The molecule has 1 amide bonds. The van der Waals surface area contributed by atoms with E-state index in [2.05, 4.69) is 48.0 Å². The van der Waals surface area contributed by atoms with Crippen molar-refractivity contribution in [2.24, 2.45) is 0 Å². The summed E-state index contributed by atoms with van der Waals surface area (Å²) in [5.74, 6) is 0.771. The number of ether oxygens (including phenoxy) is 1. The summed E-state index contributed by atoms with van der Waals surface area (Å²) in [4.78, 5) is 14.8. The number of nitrogens with zero attached hydrogens (tertiary/aromatic N) is 1. The fourth-order valence-corrected chi connectivity index (χ4v) is 4.14. The zero-order valence-electron chi connectivity index (χ0n) is 18.7. The van der Waals surface area contributed by atoms with Gasteiger partial charge in [0.05, 0.1) is 12.9 Å². The zero-order chi connectivity index (χ0) is 22.4. The van der Waals surface area contributed by atoms with Crippen LogP contribution in [0.3, 0.4) is 0 Å². The lowest BCUT2D eigenvalue weighted by molar-refractivity contribution is -0.126. The van der Waals surface area contributed by atoms with Crippen LogP contribution in [0.15, 0.2) is 57.6 Å². The summed E-state index contributed by atoms with van der Waals surface area (Å²) < 4.78 is 12.8. The molecule has 3 aromatic rings. The molecule has 0 aliphatic rings. The molecule has 0 radical (unpaired) electrons. The smallest absolute Gasteiger partial charge is 0.246 e. The van der Waals surface area contributed by atoms with Crippen molar-refractivity contribution >= 4 is 38.4 Å². The highest BCUT2D eigenvalue weighted by atomic mass is 79.9. The summed E-state index contributed by atoms with van der Waals surface area (Å²) in [6.07, 6.45) is 5.40. The molecule has 0 aliphatic carbocycles. The van der Waals surface area contributed by atoms with Crippen LogP contribution >= 0.6 is 15.9 Å². The molecular formula is C26H30BrNO3. The first kappa shape index (κ1) is 23.1. The number of halogens is 1. The Labute approximate surface area is 193 Å². The van der Waals surface area contributed by atoms with Gasteiger partial charge in [-0.05, 0) is 56.0 Å². The highest BCUT2D eigenvalue weighted by Gasteiger charge is 2.16. The monoisotopic (exact) mass is 483 g/mol. The van der Waals surface area contributed by atoms with Gasteiger partial charge in [0.15, 0.2) is 0 Å². The van der Waals surface area contributed by atoms with Gasteiger partial charge in [0.2, 0.25) is 5.91 Å². The number of allylic oxidation sites excluding steroid dienone is 1. The first-order valence-electron chi connectivity index (χ1n) is 10.9. The van der Waals surface area contributed by atoms with E-state index in [4.69, 9.17) is 9.15 Å². The van der Waals surface area contributed by atoms with Crippen LogP contribution in [0.1, 0.15) is 46.1 Å². The summed E-state index contributed by atoms with van der Waals surface area (Å²) in [7, 11) is 0. The lowest BCUT2D eigenvalue weighted by Gasteiger charge is -2.20. The quantitative estimate of drug-likeness (QED) is 0.299. The highest BCUT2D eigenvalue weighted by Crippen LogP contribution is 2.38. The van der Waals surface area contributed by atoms with Crippen molar-refractivity contribution < 1.29 is 13.9 Å². The highest BCUT2D eigenvalue weighted by molar-refractivity contribution is 9.10. The van der Waals surface area contributed by atoms with Crippen molar-refractivity contribution in [2.75, 3.05) is 19.7 Å². The Kier molecular flexibility index (Phi) is 7.97. The minimum atomic E-state index is 0.0446. The van der Waals surface area contributed by atoms with Crippen molar-refractivity contribution in [3.8, 4) is 16.9 Å². The molecule has 0 aliphatic heterocycles. The first-order valence-corrected chi connectivity index (χ1v) is 11.7. The van der Waals surface area contributed by atoms with Crippen LogP contribution in [0.25, 0.3) is 27.7 Å². The molecule has 164 valence electrons. The number of amides is 1. The van der Waals surface area contributed by atoms with Crippen LogP contribution in [0.2, 0.25) is 0 Å². The Balaban J connectivity index is 2.07. The van der Waals surface area contributed by atoms with Gasteiger partial charge in [0.25, 0.3) is 0 Å². The van der Waals surface area contributed by atoms with E-state index in [1.165, 1.54) is 0 Å². The van der Waals surface area contributed by atoms with E-state index in [1.807, 2.05) is 36.9 Å². The predicted molar refractivity (Wildman–Crippen MR) is 131 cm³/mol. The molecule has 4 nitrogen and oxygen atoms in total. The van der Waals surface area contributed by atoms with Crippen LogP contribution in [-0.2, 0) is 4.79 Å². The SMILES string of the molecule is CCCN(CCC)C(=O)/C=C(\C)c1cc2c(-c3cccc(Br)c3)coc2cc1OCC. The standard InChI is InChI=1S/C26H30BrNO3/c1-5-11-28(12-6-2)26(29)13-18(4)21-15-22-23(19-9-8-10-20(27)14-19)17-31-25(22)16-24(21)30-7-3/h8-10,13-17H,5-7,11-12H2,1-4H3/b18-13+. The Morgan fingerprint density at radius 2 is 1.87 bits per heavy atom. The molecule has 0 atom stereocenters. The van der Waals surface area contributed by atoms with E-state index < -0.39 is 0 Å². The number of rotatable bonds is 9. The summed E-state index contributed by atoms with van der Waals surface area (Å²) in [5.41, 5.74) is 4.64. The van der Waals surface area contributed by atoms with Crippen molar-refractivity contribution in [3.63, 3.8) is 0 Å². The van der Waals surface area contributed by atoms with Crippen LogP contribution in [0.4, 0.5) is 0 Å². The normalized spacial score (nSPS) is 11.7. The largest absolute Gasteiger partial charge is 0.493 e. The second kappa shape index (κ2) is 10.7. The number of carbonyl (C=O) groups excluding carboxylic acids is 1. The van der Waals surface area contributed by atoms with Crippen LogP contribution in [0.5, 0.6) is 5.75 Å². The number of hydrogen-bond donors (Lipinski definition) is 0. The predicted octanol–water partition coefficient (Wildman–Crippen LogP) is 7.31. The number of carbonyl (C=O) groups is 1. The van der Waals surface area contributed by atoms with E-state index in [0.717, 1.165) is 69.4 Å². The number of benzene rings is 2. The lowest BCUT2D eigenvalue weighted by Crippen LogP contribution is -2.31. The van der Waals surface area contributed by atoms with Gasteiger partial charge in [-0.25, -0.2) is 0 Å². The summed E-state index contributed by atoms with van der Waals surface area (Å²) >= 11 is 3.55. The van der Waals surface area contributed by atoms with E-state index in [1.54, 1.807) is 12.3 Å². The molecule has 0 saturated carbocycles. The molecule has 1 aromatic heterocycles. The van der Waals surface area contributed by atoms with Crippen molar-refractivity contribution in [2.45, 2.75) is 40.5 Å². The Bertz CT molecular complexity index is 1080. The molecule has 0 spiro atoms. The summed E-state index contributed by atoms with van der Waals surface area (Å²) in [6.45, 7) is 10.2. The lowest BCUT2D eigenvalue weighted by atomic mass is 9.99. The fraction of sp³-hybridized carbons (Fsp3) is 0.346. The second-order valence-electron chi connectivity index (χ2n) is 7.59. The molecule has 0 saturated heterocycles. The molecule has 3 rings (SSSR count). The second-order valence-corrected chi connectivity index (χ2v) is 8.51. The Morgan fingerprint density at radius 3 is 2.52 bits per heavy atom. The molecular weight excluding hydrogens is 454 g/mol. The third-order valence-corrected chi connectivity index (χ3v) is 5.67. The molecule has 0 fully saturated rings. The third-order valence-electron chi connectivity index (χ3n) is 5.17. The molecule has 2 aromatic carbocycles. The molecule has 0 N–H and O–H groups in total. The molecule has 0 unspecified atom stereocenters. The van der Waals surface area contributed by atoms with Gasteiger partial charge in [0, 0.05) is 46.2 Å². The first-order chi connectivity index (χ1) is 15.0. The zero-order valence-corrected chi connectivity index (χ0v) is 20.3. The molecule has 1 heterocycles. The van der Waals surface area contributed by atoms with Gasteiger partial charge in [-0.1, -0.05) is 41.9 Å². The van der Waals surface area contributed by atoms with Gasteiger partial charge in [-0.3, -0.25) is 4.79 Å². The van der Waals surface area contributed by atoms with E-state index in [-0.39, 0.29) is 5.91 Å². The van der Waals surface area contributed by atoms with E-state index >= 15 is 0 Å². The molecule has 5 heteroatoms. The minimum absolute atomic E-state index is 0.0446. The minimum Gasteiger partial charge on any atom is -0.493 e. The Hall–Kier alpha value is -2.53. The van der Waals surface area contributed by atoms with Crippen molar-refractivity contribution in [1.29, 1.82) is 0 Å². The number of furan rings is 1. The van der Waals surface area contributed by atoms with Crippen LogP contribution in [-0.4, -0.2) is 30.5 Å². The maximum absolute atomic E-state index is 12.9. The van der Waals surface area contributed by atoms with Gasteiger partial charge >= 0.3 is 0 Å². The summed E-state index contributed by atoms with van der Waals surface area (Å²) in [6, 6.07) is 12.1. The van der Waals surface area contributed by atoms with Crippen LogP contribution in [0, 0.1) is 0 Å². The Morgan fingerprint density at radius 1 is 1.13 bits per heavy atom. The average Bonchev–Trinajstić information content (AvgIpc) is 3.16. The van der Waals surface area contributed by atoms with Gasteiger partial charge in [-0.15, -0.1) is 0 Å². The van der Waals surface area contributed by atoms with E-state index in [0.29, 0.717) is 6.61 Å². The van der Waals surface area contributed by atoms with E-state index in [9.17, 15) is 4.79 Å². The average molecular weight is 484 g/mol. The van der Waals surface area contributed by atoms with Gasteiger partial charge < -0.3 is 14.1 Å². The van der Waals surface area contributed by atoms with Crippen LogP contribution < -0.4 is 4.74 Å². The number of hydrogen-bond acceptors (Lipinski definition) is 3. The topological polar surface area (TPSA) is 42.7 Å². The third kappa shape index (κ3) is 5.40.